The molecule has 2 aromatic heterocycles. The molecule has 0 aliphatic carbocycles. The molecule has 0 aliphatic rings. The minimum Gasteiger partial charge on any atom is -0.358 e. The van der Waals surface area contributed by atoms with Crippen LogP contribution in [0.2, 0.25) is 0 Å². The van der Waals surface area contributed by atoms with Crippen molar-refractivity contribution in [2.75, 3.05) is 0 Å². The zero-order valence-electron chi connectivity index (χ0n) is 12.2. The number of aromatic nitrogens is 3. The smallest absolute Gasteiger partial charge is 0.110 e. The SMILES string of the molecule is CC(C)c1cnc2c(C(C)C)[nH]c(C(C)C)c2n1. The van der Waals surface area contributed by atoms with Crippen LogP contribution >= 0.6 is 0 Å². The summed E-state index contributed by atoms with van der Waals surface area (Å²) < 4.78 is 0. The molecule has 0 amide bonds. The fourth-order valence-corrected chi connectivity index (χ4v) is 2.16. The van der Waals surface area contributed by atoms with Gasteiger partial charge in [-0.2, -0.15) is 0 Å². The van der Waals surface area contributed by atoms with E-state index in [0.29, 0.717) is 17.8 Å². The van der Waals surface area contributed by atoms with Crippen molar-refractivity contribution in [2.45, 2.75) is 59.3 Å². The highest BCUT2D eigenvalue weighted by molar-refractivity contribution is 5.81. The zero-order valence-corrected chi connectivity index (χ0v) is 12.2. The predicted molar refractivity (Wildman–Crippen MR) is 76.2 cm³/mol. The molecular weight excluding hydrogens is 222 g/mol. The lowest BCUT2D eigenvalue weighted by atomic mass is 10.1. The van der Waals surface area contributed by atoms with E-state index in [1.165, 1.54) is 11.4 Å². The number of fused-ring (bicyclic) bond motifs is 1. The second kappa shape index (κ2) is 4.71. The molecule has 0 aliphatic heterocycles. The third-order valence-electron chi connectivity index (χ3n) is 3.32. The topological polar surface area (TPSA) is 41.6 Å². The molecule has 3 nitrogen and oxygen atoms in total. The number of nitrogens with zero attached hydrogens (tertiary/aromatic N) is 2. The number of nitrogens with one attached hydrogen (secondary N) is 1. The van der Waals surface area contributed by atoms with Crippen LogP contribution in [0.15, 0.2) is 6.20 Å². The molecule has 0 unspecified atom stereocenters. The monoisotopic (exact) mass is 245 g/mol. The molecule has 0 atom stereocenters. The van der Waals surface area contributed by atoms with Crippen LogP contribution in [0.5, 0.6) is 0 Å². The van der Waals surface area contributed by atoms with Gasteiger partial charge in [-0.15, -0.1) is 0 Å². The van der Waals surface area contributed by atoms with Crippen molar-refractivity contribution in [3.05, 3.63) is 23.3 Å². The third-order valence-corrected chi connectivity index (χ3v) is 3.32. The van der Waals surface area contributed by atoms with Gasteiger partial charge >= 0.3 is 0 Å². The van der Waals surface area contributed by atoms with Gasteiger partial charge < -0.3 is 4.98 Å². The number of hydrogen-bond acceptors (Lipinski definition) is 2. The van der Waals surface area contributed by atoms with Crippen LogP contribution in [0.3, 0.4) is 0 Å². The number of hydrogen-bond donors (Lipinski definition) is 1. The van der Waals surface area contributed by atoms with E-state index < -0.39 is 0 Å². The highest BCUT2D eigenvalue weighted by atomic mass is 14.9. The lowest BCUT2D eigenvalue weighted by Gasteiger charge is -2.06. The normalized spacial score (nSPS) is 12.3. The maximum absolute atomic E-state index is 4.81. The minimum absolute atomic E-state index is 0.416. The lowest BCUT2D eigenvalue weighted by Crippen LogP contribution is -1.96. The van der Waals surface area contributed by atoms with Crippen LogP contribution in [0.1, 0.15) is 76.4 Å². The summed E-state index contributed by atoms with van der Waals surface area (Å²) in [7, 11) is 0. The first kappa shape index (κ1) is 13.1. The van der Waals surface area contributed by atoms with E-state index in [4.69, 9.17) is 4.98 Å². The Hall–Kier alpha value is -1.38. The van der Waals surface area contributed by atoms with Crippen LogP contribution in [0, 0.1) is 0 Å². The average molecular weight is 245 g/mol. The highest BCUT2D eigenvalue weighted by Gasteiger charge is 2.18. The molecule has 18 heavy (non-hydrogen) atoms. The molecule has 0 radical (unpaired) electrons. The molecule has 0 aromatic carbocycles. The summed E-state index contributed by atoms with van der Waals surface area (Å²) in [6.45, 7) is 13.1. The van der Waals surface area contributed by atoms with Gasteiger partial charge in [0, 0.05) is 17.6 Å². The van der Waals surface area contributed by atoms with Crippen LogP contribution in [-0.4, -0.2) is 15.0 Å². The van der Waals surface area contributed by atoms with E-state index in [2.05, 4.69) is 51.5 Å². The summed E-state index contributed by atoms with van der Waals surface area (Å²) in [6.07, 6.45) is 1.91. The molecule has 2 aromatic rings. The molecule has 2 rings (SSSR count). The lowest BCUT2D eigenvalue weighted by molar-refractivity contribution is 0.790. The Morgan fingerprint density at radius 2 is 1.39 bits per heavy atom. The average Bonchev–Trinajstić information content (AvgIpc) is 2.67. The fraction of sp³-hybridized carbons (Fsp3) is 0.600. The summed E-state index contributed by atoms with van der Waals surface area (Å²) in [5, 5.41) is 0. The van der Waals surface area contributed by atoms with E-state index in [-0.39, 0.29) is 0 Å². The van der Waals surface area contributed by atoms with Crippen LogP contribution in [0.4, 0.5) is 0 Å². The van der Waals surface area contributed by atoms with Crippen molar-refractivity contribution in [1.82, 2.24) is 15.0 Å². The van der Waals surface area contributed by atoms with Gasteiger partial charge in [0.2, 0.25) is 0 Å². The van der Waals surface area contributed by atoms with E-state index >= 15 is 0 Å². The number of aromatic amines is 1. The Balaban J connectivity index is 2.71. The summed E-state index contributed by atoms with van der Waals surface area (Å²) in [5.74, 6) is 1.30. The van der Waals surface area contributed by atoms with Gasteiger partial charge in [-0.1, -0.05) is 41.5 Å². The summed E-state index contributed by atoms with van der Waals surface area (Å²) in [6, 6.07) is 0. The molecule has 0 saturated heterocycles. The van der Waals surface area contributed by atoms with Crippen molar-refractivity contribution in [3.63, 3.8) is 0 Å². The van der Waals surface area contributed by atoms with Gasteiger partial charge in [-0.25, -0.2) is 4.98 Å². The Morgan fingerprint density at radius 1 is 0.833 bits per heavy atom. The second-order valence-electron chi connectivity index (χ2n) is 5.91. The van der Waals surface area contributed by atoms with Crippen LogP contribution in [0.25, 0.3) is 11.0 Å². The molecule has 0 saturated carbocycles. The van der Waals surface area contributed by atoms with Gasteiger partial charge in [-0.3, -0.25) is 4.98 Å². The van der Waals surface area contributed by atoms with Gasteiger partial charge in [0.15, 0.2) is 0 Å². The van der Waals surface area contributed by atoms with Gasteiger partial charge in [0.1, 0.15) is 11.0 Å². The number of rotatable bonds is 3. The van der Waals surface area contributed by atoms with Gasteiger partial charge in [0.05, 0.1) is 5.69 Å². The molecule has 0 fully saturated rings. The largest absolute Gasteiger partial charge is 0.358 e. The Bertz CT molecular complexity index is 550. The first-order valence-corrected chi connectivity index (χ1v) is 6.80. The van der Waals surface area contributed by atoms with E-state index in [1.807, 2.05) is 6.20 Å². The number of H-pyrrole nitrogens is 1. The molecular formula is C15H23N3. The Kier molecular flexibility index (Phi) is 3.42. The Morgan fingerprint density at radius 3 is 1.89 bits per heavy atom. The summed E-state index contributed by atoms with van der Waals surface area (Å²) in [4.78, 5) is 13.0. The molecule has 0 bridgehead atoms. The molecule has 0 spiro atoms. The first-order valence-electron chi connectivity index (χ1n) is 6.80. The maximum atomic E-state index is 4.81. The summed E-state index contributed by atoms with van der Waals surface area (Å²) >= 11 is 0. The summed E-state index contributed by atoms with van der Waals surface area (Å²) in [5.41, 5.74) is 5.58. The first-order chi connectivity index (χ1) is 8.41. The van der Waals surface area contributed by atoms with Gasteiger partial charge in [-0.05, 0) is 17.8 Å². The van der Waals surface area contributed by atoms with Gasteiger partial charge in [0.25, 0.3) is 0 Å². The quantitative estimate of drug-likeness (QED) is 0.874. The molecule has 3 heteroatoms. The third kappa shape index (κ3) is 2.14. The minimum atomic E-state index is 0.416. The van der Waals surface area contributed by atoms with Crippen molar-refractivity contribution in [1.29, 1.82) is 0 Å². The maximum Gasteiger partial charge on any atom is 0.110 e. The zero-order chi connectivity index (χ0) is 13.4. The second-order valence-corrected chi connectivity index (χ2v) is 5.91. The predicted octanol–water partition coefficient (Wildman–Crippen LogP) is 4.33. The highest BCUT2D eigenvalue weighted by Crippen LogP contribution is 2.30. The van der Waals surface area contributed by atoms with E-state index in [9.17, 15) is 0 Å². The van der Waals surface area contributed by atoms with Crippen molar-refractivity contribution < 1.29 is 0 Å². The molecule has 2 heterocycles. The van der Waals surface area contributed by atoms with Crippen LogP contribution < -0.4 is 0 Å². The fourth-order valence-electron chi connectivity index (χ4n) is 2.16. The van der Waals surface area contributed by atoms with E-state index in [0.717, 1.165) is 16.7 Å². The standard InChI is InChI=1S/C15H23N3/c1-8(2)11-7-16-14-12(9(3)4)18-13(10(5)6)15(14)17-11/h7-10,18H,1-6H3. The molecule has 98 valence electrons. The van der Waals surface area contributed by atoms with Crippen molar-refractivity contribution >= 4 is 11.0 Å². The van der Waals surface area contributed by atoms with Crippen molar-refractivity contribution in [3.8, 4) is 0 Å². The van der Waals surface area contributed by atoms with E-state index in [1.54, 1.807) is 0 Å². The van der Waals surface area contributed by atoms with Crippen molar-refractivity contribution in [2.24, 2.45) is 0 Å². The molecule has 1 N–H and O–H groups in total. The Labute approximate surface area is 109 Å². The van der Waals surface area contributed by atoms with Crippen LogP contribution in [-0.2, 0) is 0 Å².